The molecule has 1 rings (SSSR count). The van der Waals surface area contributed by atoms with Gasteiger partial charge in [0.05, 0.1) is 5.69 Å². The number of benzene rings is 1. The minimum absolute atomic E-state index is 0.114. The number of hydrogen-bond donors (Lipinski definition) is 2. The van der Waals surface area contributed by atoms with Crippen molar-refractivity contribution in [1.29, 1.82) is 0 Å². The van der Waals surface area contributed by atoms with Crippen molar-refractivity contribution in [2.75, 3.05) is 11.6 Å². The third-order valence-electron chi connectivity index (χ3n) is 2.51. The molecule has 4 nitrogen and oxygen atoms in total. The van der Waals surface area contributed by atoms with E-state index in [0.29, 0.717) is 0 Å². The molecule has 20 heavy (non-hydrogen) atoms. The van der Waals surface area contributed by atoms with E-state index < -0.39 is 40.4 Å². The number of halogens is 4. The summed E-state index contributed by atoms with van der Waals surface area (Å²) in [5, 5.41) is 10.7. The Kier molecular flexibility index (Phi) is 4.67. The van der Waals surface area contributed by atoms with Crippen LogP contribution >= 0.6 is 0 Å². The fourth-order valence-electron chi connectivity index (χ4n) is 1.15. The highest BCUT2D eigenvalue weighted by atomic mass is 32.2. The lowest BCUT2D eigenvalue weighted by molar-refractivity contribution is -0.242. The molecule has 1 aromatic rings. The Bertz CT molecular complexity index is 517. The van der Waals surface area contributed by atoms with Gasteiger partial charge < -0.3 is 15.0 Å². The van der Waals surface area contributed by atoms with Crippen LogP contribution in [0.25, 0.3) is 0 Å². The summed E-state index contributed by atoms with van der Waals surface area (Å²) in [6.45, 7) is 0.260. The molecule has 1 aromatic carbocycles. The number of alkyl halides is 3. The van der Waals surface area contributed by atoms with Crippen molar-refractivity contribution in [1.82, 2.24) is 0 Å². The van der Waals surface area contributed by atoms with Gasteiger partial charge in [0.2, 0.25) is 5.60 Å². The molecule has 0 heterocycles. The van der Waals surface area contributed by atoms with Gasteiger partial charge in [0.15, 0.2) is 10.7 Å². The van der Waals surface area contributed by atoms with Gasteiger partial charge in [0.25, 0.3) is 5.91 Å². The number of carbonyl (C=O) groups excluding carboxylic acids is 1. The van der Waals surface area contributed by atoms with Crippen LogP contribution in [0.4, 0.5) is 23.2 Å². The lowest BCUT2D eigenvalue weighted by atomic mass is 10.1. The Balaban J connectivity index is 2.98. The lowest BCUT2D eigenvalue weighted by Crippen LogP contribution is -2.52. The number of anilines is 1. The maximum Gasteiger partial charge on any atom is 0.426 e. The second-order valence-corrected chi connectivity index (χ2v) is 5.50. The molecule has 0 saturated carbocycles. The van der Waals surface area contributed by atoms with E-state index in [2.05, 4.69) is 0 Å². The fraction of sp³-hybridized carbons (Fsp3) is 0.364. The molecular formula is C11H11F4NO3S. The van der Waals surface area contributed by atoms with Gasteiger partial charge in [0, 0.05) is 6.07 Å². The van der Waals surface area contributed by atoms with Crippen molar-refractivity contribution in [3.05, 3.63) is 24.0 Å². The van der Waals surface area contributed by atoms with Crippen LogP contribution in [0.2, 0.25) is 0 Å². The van der Waals surface area contributed by atoms with Crippen molar-refractivity contribution in [2.45, 2.75) is 23.6 Å². The first-order valence-corrected chi connectivity index (χ1v) is 6.76. The predicted octanol–water partition coefficient (Wildman–Crippen LogP) is 1.81. The van der Waals surface area contributed by atoms with Crippen molar-refractivity contribution in [3.63, 3.8) is 0 Å². The van der Waals surface area contributed by atoms with E-state index in [9.17, 15) is 26.9 Å². The number of nitrogens with one attached hydrogen (secondary N) is 1. The number of amides is 1. The molecular weight excluding hydrogens is 302 g/mol. The van der Waals surface area contributed by atoms with Crippen LogP contribution in [0.15, 0.2) is 23.1 Å². The van der Waals surface area contributed by atoms with Crippen LogP contribution in [0.5, 0.6) is 0 Å². The second-order valence-electron chi connectivity index (χ2n) is 4.12. The van der Waals surface area contributed by atoms with Crippen molar-refractivity contribution >= 4 is 22.8 Å². The largest absolute Gasteiger partial charge is 0.612 e. The molecule has 0 aliphatic heterocycles. The average molecular weight is 313 g/mol. The van der Waals surface area contributed by atoms with Crippen LogP contribution in [-0.2, 0) is 16.0 Å². The first-order valence-electron chi connectivity index (χ1n) is 5.20. The van der Waals surface area contributed by atoms with Gasteiger partial charge in [-0.2, -0.15) is 13.2 Å². The molecule has 0 fully saturated rings. The summed E-state index contributed by atoms with van der Waals surface area (Å²) in [5.74, 6) is -2.86. The van der Waals surface area contributed by atoms with Gasteiger partial charge in [-0.25, -0.2) is 4.39 Å². The minimum Gasteiger partial charge on any atom is -0.612 e. The number of rotatable bonds is 3. The molecule has 0 aliphatic rings. The molecule has 2 N–H and O–H groups in total. The number of hydrogen-bond acceptors (Lipinski definition) is 3. The Morgan fingerprint density at radius 3 is 2.35 bits per heavy atom. The molecule has 1 amide bonds. The summed E-state index contributed by atoms with van der Waals surface area (Å²) in [6.07, 6.45) is -3.90. The SMILES string of the molecule is C[S+]([O-])c1ccc(NC(=O)[C@@](C)(O)C(F)(F)F)c(F)c1. The van der Waals surface area contributed by atoms with Crippen molar-refractivity contribution in [3.8, 4) is 0 Å². The molecule has 0 bridgehead atoms. The zero-order chi connectivity index (χ0) is 15.7. The fourth-order valence-corrected chi connectivity index (χ4v) is 1.68. The summed E-state index contributed by atoms with van der Waals surface area (Å²) < 4.78 is 61.9. The van der Waals surface area contributed by atoms with E-state index in [1.165, 1.54) is 12.3 Å². The normalized spacial score (nSPS) is 16.4. The molecule has 0 aromatic heterocycles. The Morgan fingerprint density at radius 2 is 1.95 bits per heavy atom. The van der Waals surface area contributed by atoms with Crippen LogP contribution in [0.3, 0.4) is 0 Å². The van der Waals surface area contributed by atoms with Crippen molar-refractivity contribution < 1.29 is 32.0 Å². The van der Waals surface area contributed by atoms with Gasteiger partial charge in [-0.3, -0.25) is 4.79 Å². The second kappa shape index (κ2) is 5.58. The van der Waals surface area contributed by atoms with Crippen LogP contribution in [0, 0.1) is 5.82 Å². The summed E-state index contributed by atoms with van der Waals surface area (Å²) in [7, 11) is 0. The van der Waals surface area contributed by atoms with Gasteiger partial charge in [-0.05, 0) is 30.2 Å². The topological polar surface area (TPSA) is 72.4 Å². The minimum atomic E-state index is -5.20. The molecule has 1 unspecified atom stereocenters. The Hall–Kier alpha value is -1.32. The first kappa shape index (κ1) is 16.7. The monoisotopic (exact) mass is 313 g/mol. The molecule has 0 radical (unpaired) electrons. The summed E-state index contributed by atoms with van der Waals surface area (Å²) in [6, 6.07) is 2.99. The molecule has 9 heteroatoms. The van der Waals surface area contributed by atoms with E-state index in [-0.39, 0.29) is 11.8 Å². The molecule has 112 valence electrons. The zero-order valence-corrected chi connectivity index (χ0v) is 11.2. The van der Waals surface area contributed by atoms with Crippen LogP contribution < -0.4 is 5.32 Å². The Morgan fingerprint density at radius 1 is 1.40 bits per heavy atom. The molecule has 2 atom stereocenters. The smallest absolute Gasteiger partial charge is 0.426 e. The highest BCUT2D eigenvalue weighted by Gasteiger charge is 2.55. The zero-order valence-electron chi connectivity index (χ0n) is 10.4. The van der Waals surface area contributed by atoms with Crippen LogP contribution in [0.1, 0.15) is 6.92 Å². The molecule has 0 aliphatic carbocycles. The third kappa shape index (κ3) is 3.41. The quantitative estimate of drug-likeness (QED) is 0.660. The van der Waals surface area contributed by atoms with Gasteiger partial charge in [-0.15, -0.1) is 0 Å². The van der Waals surface area contributed by atoms with Crippen LogP contribution in [-0.4, -0.2) is 33.6 Å². The highest BCUT2D eigenvalue weighted by Crippen LogP contribution is 2.31. The van der Waals surface area contributed by atoms with E-state index in [0.717, 1.165) is 12.1 Å². The number of aliphatic hydroxyl groups is 1. The van der Waals surface area contributed by atoms with E-state index in [4.69, 9.17) is 5.11 Å². The summed E-state index contributed by atoms with van der Waals surface area (Å²) >= 11 is -1.47. The maximum absolute atomic E-state index is 13.5. The molecule has 0 saturated heterocycles. The van der Waals surface area contributed by atoms with E-state index in [1.54, 1.807) is 5.32 Å². The molecule has 0 spiro atoms. The Labute approximate surface area is 115 Å². The summed E-state index contributed by atoms with van der Waals surface area (Å²) in [4.78, 5) is 11.5. The maximum atomic E-state index is 13.5. The third-order valence-corrected chi connectivity index (χ3v) is 3.43. The first-order chi connectivity index (χ1) is 8.96. The summed E-state index contributed by atoms with van der Waals surface area (Å²) in [5.41, 5.74) is -4.19. The highest BCUT2D eigenvalue weighted by molar-refractivity contribution is 7.90. The lowest BCUT2D eigenvalue weighted by Gasteiger charge is -2.24. The standard InChI is InChI=1S/C11H11F4NO3S/c1-10(18,11(13,14)15)9(17)16-8-4-3-6(20(2)19)5-7(8)12/h3-5,18H,1-2H3,(H,16,17)/t10-,20?/m1/s1. The van der Waals surface area contributed by atoms with Gasteiger partial charge in [0.1, 0.15) is 6.26 Å². The van der Waals surface area contributed by atoms with E-state index in [1.807, 2.05) is 0 Å². The number of carbonyl (C=O) groups is 1. The van der Waals surface area contributed by atoms with E-state index >= 15 is 0 Å². The average Bonchev–Trinajstić information content (AvgIpc) is 2.29. The predicted molar refractivity (Wildman–Crippen MR) is 64.0 cm³/mol. The van der Waals surface area contributed by atoms with Crippen molar-refractivity contribution in [2.24, 2.45) is 0 Å². The van der Waals surface area contributed by atoms with Gasteiger partial charge >= 0.3 is 6.18 Å². The van der Waals surface area contributed by atoms with Gasteiger partial charge in [-0.1, -0.05) is 0 Å².